The second-order valence-electron chi connectivity index (χ2n) is 3.40. The summed E-state index contributed by atoms with van der Waals surface area (Å²) in [5, 5.41) is 0. The fraction of sp³-hybridized carbons (Fsp3) is 0.333. The van der Waals surface area contributed by atoms with Crippen molar-refractivity contribution in [3.63, 3.8) is 0 Å². The van der Waals surface area contributed by atoms with Crippen LogP contribution in [0.4, 0.5) is 0 Å². The van der Waals surface area contributed by atoms with Crippen LogP contribution in [0.3, 0.4) is 0 Å². The predicted octanol–water partition coefficient (Wildman–Crippen LogP) is 3.42. The predicted molar refractivity (Wildman–Crippen MR) is 67.1 cm³/mol. The monoisotopic (exact) mass is 269 g/mol. The van der Waals surface area contributed by atoms with Crippen molar-refractivity contribution in [1.29, 1.82) is 0 Å². The molecule has 0 radical (unpaired) electrons. The maximum absolute atomic E-state index is 5.85. The molecule has 0 aromatic heterocycles. The number of hydrogen-bond acceptors (Lipinski definition) is 2. The number of benzene rings is 1. The minimum absolute atomic E-state index is 0.0168. The van der Waals surface area contributed by atoms with E-state index in [-0.39, 0.29) is 6.04 Å². The third-order valence-corrected chi connectivity index (χ3v) is 2.54. The van der Waals surface area contributed by atoms with Gasteiger partial charge in [0.25, 0.3) is 0 Å². The number of halogens is 1. The van der Waals surface area contributed by atoms with Crippen molar-refractivity contribution >= 4 is 15.9 Å². The summed E-state index contributed by atoms with van der Waals surface area (Å²) in [6.45, 7) is 6.24. The van der Waals surface area contributed by atoms with E-state index in [9.17, 15) is 0 Å². The van der Waals surface area contributed by atoms with Gasteiger partial charge in [-0.05, 0) is 25.5 Å². The van der Waals surface area contributed by atoms with Crippen molar-refractivity contribution in [1.82, 2.24) is 0 Å². The Kier molecular flexibility index (Phi) is 4.85. The summed E-state index contributed by atoms with van der Waals surface area (Å²) in [6.07, 6.45) is 2.68. The topological polar surface area (TPSA) is 35.2 Å². The minimum Gasteiger partial charge on any atom is -0.493 e. The molecular formula is C12H16BrNO. The van der Waals surface area contributed by atoms with Crippen molar-refractivity contribution in [2.45, 2.75) is 19.4 Å². The van der Waals surface area contributed by atoms with E-state index in [1.807, 2.05) is 31.2 Å². The Morgan fingerprint density at radius 2 is 2.33 bits per heavy atom. The van der Waals surface area contributed by atoms with E-state index in [0.717, 1.165) is 22.2 Å². The average Bonchev–Trinajstić information content (AvgIpc) is 2.18. The quantitative estimate of drug-likeness (QED) is 0.657. The molecule has 2 nitrogen and oxygen atoms in total. The van der Waals surface area contributed by atoms with Gasteiger partial charge in [-0.1, -0.05) is 28.1 Å². The van der Waals surface area contributed by atoms with E-state index in [1.54, 1.807) is 0 Å². The second-order valence-corrected chi connectivity index (χ2v) is 4.31. The average molecular weight is 270 g/mol. The number of ether oxygens (including phenoxy) is 1. The molecular weight excluding hydrogens is 254 g/mol. The Hall–Kier alpha value is -0.800. The van der Waals surface area contributed by atoms with E-state index in [0.29, 0.717) is 6.61 Å². The first kappa shape index (κ1) is 12.3. The maximum Gasteiger partial charge on any atom is 0.125 e. The Balaban J connectivity index is 2.82. The van der Waals surface area contributed by atoms with Gasteiger partial charge in [0.1, 0.15) is 5.75 Å². The van der Waals surface area contributed by atoms with Crippen LogP contribution in [0.1, 0.15) is 24.9 Å². The molecule has 0 saturated carbocycles. The Morgan fingerprint density at radius 3 is 2.93 bits per heavy atom. The second kappa shape index (κ2) is 5.93. The van der Waals surface area contributed by atoms with Crippen LogP contribution >= 0.6 is 15.9 Å². The standard InChI is InChI=1S/C12H16BrNO/c1-3-4-7-15-12-8-10(13)5-6-11(12)9(2)14/h3,5-6,8-9H,1,4,7,14H2,2H3. The fourth-order valence-electron chi connectivity index (χ4n) is 1.26. The molecule has 1 aromatic rings. The highest BCUT2D eigenvalue weighted by Crippen LogP contribution is 2.27. The molecule has 0 saturated heterocycles. The molecule has 15 heavy (non-hydrogen) atoms. The largest absolute Gasteiger partial charge is 0.493 e. The molecule has 1 aromatic carbocycles. The third kappa shape index (κ3) is 3.68. The zero-order valence-electron chi connectivity index (χ0n) is 8.87. The lowest BCUT2D eigenvalue weighted by Gasteiger charge is -2.13. The molecule has 2 N–H and O–H groups in total. The zero-order chi connectivity index (χ0) is 11.3. The van der Waals surface area contributed by atoms with Crippen LogP contribution in [-0.2, 0) is 0 Å². The number of rotatable bonds is 5. The van der Waals surface area contributed by atoms with Gasteiger partial charge in [-0.2, -0.15) is 0 Å². The van der Waals surface area contributed by atoms with Crippen LogP contribution in [0.25, 0.3) is 0 Å². The van der Waals surface area contributed by atoms with Gasteiger partial charge in [-0.25, -0.2) is 0 Å². The van der Waals surface area contributed by atoms with Crippen molar-refractivity contribution in [3.8, 4) is 5.75 Å². The molecule has 0 aliphatic rings. The smallest absolute Gasteiger partial charge is 0.125 e. The van der Waals surface area contributed by atoms with E-state index >= 15 is 0 Å². The van der Waals surface area contributed by atoms with E-state index < -0.39 is 0 Å². The Morgan fingerprint density at radius 1 is 1.60 bits per heavy atom. The van der Waals surface area contributed by atoms with Crippen LogP contribution in [0.15, 0.2) is 35.3 Å². The van der Waals surface area contributed by atoms with E-state index in [1.165, 1.54) is 0 Å². The van der Waals surface area contributed by atoms with Gasteiger partial charge in [0, 0.05) is 16.1 Å². The van der Waals surface area contributed by atoms with Crippen LogP contribution in [-0.4, -0.2) is 6.61 Å². The zero-order valence-corrected chi connectivity index (χ0v) is 10.5. The lowest BCUT2D eigenvalue weighted by Crippen LogP contribution is -2.08. The first-order valence-corrected chi connectivity index (χ1v) is 5.73. The number of nitrogens with two attached hydrogens (primary N) is 1. The lowest BCUT2D eigenvalue weighted by molar-refractivity contribution is 0.320. The third-order valence-electron chi connectivity index (χ3n) is 2.05. The normalized spacial score (nSPS) is 12.2. The molecule has 82 valence electrons. The summed E-state index contributed by atoms with van der Waals surface area (Å²) < 4.78 is 6.64. The summed E-state index contributed by atoms with van der Waals surface area (Å²) in [4.78, 5) is 0. The highest BCUT2D eigenvalue weighted by molar-refractivity contribution is 9.10. The van der Waals surface area contributed by atoms with Gasteiger partial charge in [0.15, 0.2) is 0 Å². The Labute approximate surface area is 99.3 Å². The molecule has 0 spiro atoms. The molecule has 0 bridgehead atoms. The van der Waals surface area contributed by atoms with Gasteiger partial charge in [0.2, 0.25) is 0 Å². The maximum atomic E-state index is 5.85. The van der Waals surface area contributed by atoms with Crippen molar-refractivity contribution in [2.24, 2.45) is 5.73 Å². The highest BCUT2D eigenvalue weighted by atomic mass is 79.9. The highest BCUT2D eigenvalue weighted by Gasteiger charge is 2.08. The van der Waals surface area contributed by atoms with Crippen LogP contribution in [0.5, 0.6) is 5.75 Å². The summed E-state index contributed by atoms with van der Waals surface area (Å²) in [5.74, 6) is 0.848. The van der Waals surface area contributed by atoms with Crippen LogP contribution in [0, 0.1) is 0 Å². The molecule has 1 rings (SSSR count). The molecule has 0 fully saturated rings. The van der Waals surface area contributed by atoms with E-state index in [2.05, 4.69) is 22.5 Å². The molecule has 1 atom stereocenters. The first-order chi connectivity index (χ1) is 7.15. The van der Waals surface area contributed by atoms with Gasteiger partial charge in [0.05, 0.1) is 6.61 Å². The summed E-state index contributed by atoms with van der Waals surface area (Å²) >= 11 is 3.41. The van der Waals surface area contributed by atoms with Crippen molar-refractivity contribution in [2.75, 3.05) is 6.61 Å². The van der Waals surface area contributed by atoms with Gasteiger partial charge in [-0.15, -0.1) is 6.58 Å². The summed E-state index contributed by atoms with van der Waals surface area (Å²) in [5.41, 5.74) is 6.88. The van der Waals surface area contributed by atoms with Gasteiger partial charge < -0.3 is 10.5 Å². The van der Waals surface area contributed by atoms with Crippen molar-refractivity contribution in [3.05, 3.63) is 40.9 Å². The Bertz CT molecular complexity index is 336. The lowest BCUT2D eigenvalue weighted by atomic mass is 10.1. The molecule has 0 aliphatic heterocycles. The van der Waals surface area contributed by atoms with Crippen molar-refractivity contribution < 1.29 is 4.74 Å². The van der Waals surface area contributed by atoms with E-state index in [4.69, 9.17) is 10.5 Å². The molecule has 0 heterocycles. The molecule has 0 aliphatic carbocycles. The minimum atomic E-state index is -0.0168. The van der Waals surface area contributed by atoms with Gasteiger partial charge >= 0.3 is 0 Å². The number of hydrogen-bond donors (Lipinski definition) is 1. The van der Waals surface area contributed by atoms with Crippen LogP contribution in [0.2, 0.25) is 0 Å². The van der Waals surface area contributed by atoms with Gasteiger partial charge in [-0.3, -0.25) is 0 Å². The first-order valence-electron chi connectivity index (χ1n) is 4.94. The molecule has 1 unspecified atom stereocenters. The molecule has 0 amide bonds. The summed E-state index contributed by atoms with van der Waals surface area (Å²) in [7, 11) is 0. The SMILES string of the molecule is C=CCCOc1cc(Br)ccc1C(C)N. The summed E-state index contributed by atoms with van der Waals surface area (Å²) in [6, 6.07) is 5.88. The molecule has 3 heteroatoms. The van der Waals surface area contributed by atoms with Crippen LogP contribution < -0.4 is 10.5 Å². The fourth-order valence-corrected chi connectivity index (χ4v) is 1.60.